The Morgan fingerprint density at radius 1 is 1.07 bits per heavy atom. The number of piperidine rings is 1. The van der Waals surface area contributed by atoms with E-state index in [0.717, 1.165) is 69.1 Å². The summed E-state index contributed by atoms with van der Waals surface area (Å²) in [4.78, 5) is 30.9. The lowest BCUT2D eigenvalue weighted by atomic mass is 10.0. The van der Waals surface area contributed by atoms with E-state index in [1.165, 1.54) is 0 Å². The number of morpholine rings is 1. The molecule has 2 aliphatic heterocycles. The summed E-state index contributed by atoms with van der Waals surface area (Å²) in [6.07, 6.45) is 7.24. The molecule has 0 aromatic carbocycles. The number of carbonyl (C=O) groups is 1. The van der Waals surface area contributed by atoms with Crippen molar-refractivity contribution in [2.75, 3.05) is 39.4 Å². The van der Waals surface area contributed by atoms with E-state index in [1.54, 1.807) is 18.7 Å². The third-order valence-electron chi connectivity index (χ3n) is 6.07. The Balaban J connectivity index is 1.25. The number of pyridine rings is 2. The molecule has 8 heteroatoms. The quantitative estimate of drug-likeness (QED) is 0.658. The standard InChI is InChI=1S/C22H26N6O2/c29-22(27-7-4-19(5-8-27)26-9-11-30-12-10-26)17-13-20-21(24-14-17)28(16-25-20)15-18-3-1-2-6-23-18/h1-3,6,13-14,16,19H,4-5,7-12,15H2. The van der Waals surface area contributed by atoms with Crippen LogP contribution < -0.4 is 0 Å². The van der Waals surface area contributed by atoms with Crippen LogP contribution in [0.25, 0.3) is 11.2 Å². The van der Waals surface area contributed by atoms with Crippen molar-refractivity contribution < 1.29 is 9.53 Å². The Morgan fingerprint density at radius 2 is 1.90 bits per heavy atom. The van der Waals surface area contributed by atoms with Gasteiger partial charge in [0.2, 0.25) is 0 Å². The number of imidazole rings is 1. The van der Waals surface area contributed by atoms with E-state index in [1.807, 2.05) is 33.7 Å². The van der Waals surface area contributed by atoms with Crippen LogP contribution in [0.15, 0.2) is 43.0 Å². The van der Waals surface area contributed by atoms with Crippen LogP contribution in [0.1, 0.15) is 28.9 Å². The topological polar surface area (TPSA) is 76.4 Å². The molecule has 2 aliphatic rings. The van der Waals surface area contributed by atoms with Crippen molar-refractivity contribution in [3.63, 3.8) is 0 Å². The van der Waals surface area contributed by atoms with E-state index < -0.39 is 0 Å². The number of hydrogen-bond acceptors (Lipinski definition) is 6. The minimum Gasteiger partial charge on any atom is -0.379 e. The van der Waals surface area contributed by atoms with Crippen LogP contribution in [-0.4, -0.2) is 80.7 Å². The molecule has 0 spiro atoms. The van der Waals surface area contributed by atoms with E-state index in [9.17, 15) is 4.79 Å². The monoisotopic (exact) mass is 406 g/mol. The van der Waals surface area contributed by atoms with Crippen LogP contribution in [0.4, 0.5) is 0 Å². The summed E-state index contributed by atoms with van der Waals surface area (Å²) in [6.45, 7) is 5.81. The summed E-state index contributed by atoms with van der Waals surface area (Å²) in [7, 11) is 0. The van der Waals surface area contributed by atoms with Crippen molar-refractivity contribution in [2.45, 2.75) is 25.4 Å². The molecule has 0 bridgehead atoms. The average Bonchev–Trinajstić information content (AvgIpc) is 3.22. The van der Waals surface area contributed by atoms with Gasteiger partial charge in [0.05, 0.1) is 37.3 Å². The molecule has 1 amide bonds. The van der Waals surface area contributed by atoms with Crippen LogP contribution >= 0.6 is 0 Å². The van der Waals surface area contributed by atoms with Gasteiger partial charge in [-0.3, -0.25) is 14.7 Å². The first-order valence-electron chi connectivity index (χ1n) is 10.6. The maximum Gasteiger partial charge on any atom is 0.255 e. The smallest absolute Gasteiger partial charge is 0.255 e. The van der Waals surface area contributed by atoms with Crippen molar-refractivity contribution in [3.8, 4) is 0 Å². The first kappa shape index (κ1) is 19.1. The van der Waals surface area contributed by atoms with E-state index in [0.29, 0.717) is 18.2 Å². The number of amides is 1. The SMILES string of the molecule is O=C(c1cnc2c(c1)ncn2Cc1ccccn1)N1CCC(N2CCOCC2)CC1. The summed E-state index contributed by atoms with van der Waals surface area (Å²) < 4.78 is 7.41. The maximum absolute atomic E-state index is 13.0. The second kappa shape index (κ2) is 8.49. The second-order valence-corrected chi connectivity index (χ2v) is 7.93. The van der Waals surface area contributed by atoms with Crippen molar-refractivity contribution >= 4 is 17.1 Å². The molecule has 0 saturated carbocycles. The van der Waals surface area contributed by atoms with Gasteiger partial charge in [-0.05, 0) is 31.0 Å². The van der Waals surface area contributed by atoms with Gasteiger partial charge < -0.3 is 14.2 Å². The third-order valence-corrected chi connectivity index (χ3v) is 6.07. The van der Waals surface area contributed by atoms with Gasteiger partial charge in [0.15, 0.2) is 5.65 Å². The molecule has 8 nitrogen and oxygen atoms in total. The minimum atomic E-state index is 0.0455. The fourth-order valence-electron chi connectivity index (χ4n) is 4.41. The molecule has 30 heavy (non-hydrogen) atoms. The zero-order valence-corrected chi connectivity index (χ0v) is 17.0. The molecule has 2 fully saturated rings. The summed E-state index contributed by atoms with van der Waals surface area (Å²) >= 11 is 0. The highest BCUT2D eigenvalue weighted by molar-refractivity contribution is 5.96. The number of ether oxygens (including phenoxy) is 1. The molecule has 0 aliphatic carbocycles. The molecule has 0 unspecified atom stereocenters. The normalized spacial score (nSPS) is 18.7. The molecule has 156 valence electrons. The van der Waals surface area contributed by atoms with E-state index in [2.05, 4.69) is 19.9 Å². The van der Waals surface area contributed by atoms with Crippen molar-refractivity contribution in [1.29, 1.82) is 0 Å². The number of hydrogen-bond donors (Lipinski definition) is 0. The Morgan fingerprint density at radius 3 is 2.67 bits per heavy atom. The van der Waals surface area contributed by atoms with E-state index in [4.69, 9.17) is 4.74 Å². The van der Waals surface area contributed by atoms with Crippen molar-refractivity contribution in [2.24, 2.45) is 0 Å². The van der Waals surface area contributed by atoms with Gasteiger partial charge in [-0.1, -0.05) is 6.07 Å². The highest BCUT2D eigenvalue weighted by Crippen LogP contribution is 2.21. The Labute approximate surface area is 175 Å². The molecule has 0 atom stereocenters. The highest BCUT2D eigenvalue weighted by Gasteiger charge is 2.28. The lowest BCUT2D eigenvalue weighted by Crippen LogP contribution is -2.50. The second-order valence-electron chi connectivity index (χ2n) is 7.93. The Kier molecular flexibility index (Phi) is 5.42. The number of fused-ring (bicyclic) bond motifs is 1. The number of aromatic nitrogens is 4. The molecular formula is C22H26N6O2. The molecule has 2 saturated heterocycles. The maximum atomic E-state index is 13.0. The van der Waals surface area contributed by atoms with Gasteiger partial charge in [0.1, 0.15) is 5.52 Å². The van der Waals surface area contributed by atoms with E-state index >= 15 is 0 Å². The number of likely N-dealkylation sites (tertiary alicyclic amines) is 1. The summed E-state index contributed by atoms with van der Waals surface area (Å²) in [6, 6.07) is 8.25. The lowest BCUT2D eigenvalue weighted by molar-refractivity contribution is 0.00158. The van der Waals surface area contributed by atoms with Crippen LogP contribution in [0, 0.1) is 0 Å². The van der Waals surface area contributed by atoms with Crippen LogP contribution in [0.3, 0.4) is 0 Å². The zero-order valence-electron chi connectivity index (χ0n) is 17.0. The fraction of sp³-hybridized carbons (Fsp3) is 0.455. The summed E-state index contributed by atoms with van der Waals surface area (Å²) in [5.41, 5.74) is 3.06. The summed E-state index contributed by atoms with van der Waals surface area (Å²) in [5.74, 6) is 0.0455. The lowest BCUT2D eigenvalue weighted by Gasteiger charge is -2.40. The molecule has 3 aromatic heterocycles. The molecule has 0 N–H and O–H groups in total. The van der Waals surface area contributed by atoms with Gasteiger partial charge >= 0.3 is 0 Å². The van der Waals surface area contributed by atoms with Crippen LogP contribution in [0.2, 0.25) is 0 Å². The molecule has 3 aromatic rings. The Bertz CT molecular complexity index is 1010. The van der Waals surface area contributed by atoms with Crippen molar-refractivity contribution in [1.82, 2.24) is 29.3 Å². The number of rotatable bonds is 4. The summed E-state index contributed by atoms with van der Waals surface area (Å²) in [5, 5.41) is 0. The third kappa shape index (κ3) is 3.93. The highest BCUT2D eigenvalue weighted by atomic mass is 16.5. The zero-order chi connectivity index (χ0) is 20.3. The number of nitrogens with zero attached hydrogens (tertiary/aromatic N) is 6. The predicted molar refractivity (Wildman–Crippen MR) is 112 cm³/mol. The van der Waals surface area contributed by atoms with Gasteiger partial charge in [0.25, 0.3) is 5.91 Å². The largest absolute Gasteiger partial charge is 0.379 e. The first-order chi connectivity index (χ1) is 14.8. The predicted octanol–water partition coefficient (Wildman–Crippen LogP) is 1.81. The van der Waals surface area contributed by atoms with Gasteiger partial charge in [0, 0.05) is 44.6 Å². The van der Waals surface area contributed by atoms with Crippen molar-refractivity contribution in [3.05, 3.63) is 54.2 Å². The van der Waals surface area contributed by atoms with E-state index in [-0.39, 0.29) is 5.91 Å². The van der Waals surface area contributed by atoms with Crippen LogP contribution in [0.5, 0.6) is 0 Å². The molecule has 5 rings (SSSR count). The molecular weight excluding hydrogens is 380 g/mol. The minimum absolute atomic E-state index is 0.0455. The Hall–Kier alpha value is -2.84. The van der Waals surface area contributed by atoms with Gasteiger partial charge in [-0.25, -0.2) is 9.97 Å². The fourth-order valence-corrected chi connectivity index (χ4v) is 4.41. The van der Waals surface area contributed by atoms with Crippen LogP contribution in [-0.2, 0) is 11.3 Å². The van der Waals surface area contributed by atoms with Gasteiger partial charge in [-0.2, -0.15) is 0 Å². The first-order valence-corrected chi connectivity index (χ1v) is 10.6. The van der Waals surface area contributed by atoms with Gasteiger partial charge in [-0.15, -0.1) is 0 Å². The molecule has 5 heterocycles. The number of carbonyl (C=O) groups excluding carboxylic acids is 1. The average molecular weight is 406 g/mol. The molecule has 0 radical (unpaired) electrons.